The van der Waals surface area contributed by atoms with Gasteiger partial charge in [-0.1, -0.05) is 18.2 Å². The van der Waals surface area contributed by atoms with Crippen LogP contribution < -0.4 is 4.90 Å². The van der Waals surface area contributed by atoms with E-state index in [-0.39, 0.29) is 5.91 Å². The maximum Gasteiger partial charge on any atom is 0.255 e. The Hall–Kier alpha value is -1.81. The van der Waals surface area contributed by atoms with Gasteiger partial charge in [0.1, 0.15) is 6.10 Å². The fourth-order valence-electron chi connectivity index (χ4n) is 1.99. The Morgan fingerprint density at radius 3 is 2.71 bits per heavy atom. The number of amides is 1. The molecule has 4 heteroatoms. The normalized spacial score (nSPS) is 12.7. The summed E-state index contributed by atoms with van der Waals surface area (Å²) in [6, 6.07) is 7.87. The quantitative estimate of drug-likeness (QED) is 0.853. The van der Waals surface area contributed by atoms with Crippen LogP contribution in [-0.4, -0.2) is 28.7 Å². The molecule has 90 valence electrons. The molecule has 1 aromatic heterocycles. The molecule has 1 aromatic carbocycles. The van der Waals surface area contributed by atoms with Gasteiger partial charge in [-0.25, -0.2) is 0 Å². The van der Waals surface area contributed by atoms with Crippen LogP contribution in [0.4, 0.5) is 5.69 Å². The predicted octanol–water partition coefficient (Wildman–Crippen LogP) is 1.52. The summed E-state index contributed by atoms with van der Waals surface area (Å²) in [6.45, 7) is 1.48. The first-order chi connectivity index (χ1) is 8.02. The summed E-state index contributed by atoms with van der Waals surface area (Å²) < 4.78 is 1.97. The van der Waals surface area contributed by atoms with Gasteiger partial charge in [0.25, 0.3) is 5.91 Å². The van der Waals surface area contributed by atoms with Gasteiger partial charge in [-0.05, 0) is 13.0 Å². The molecule has 0 fully saturated rings. The van der Waals surface area contributed by atoms with Gasteiger partial charge in [-0.2, -0.15) is 0 Å². The number of carbonyl (C=O) groups is 1. The van der Waals surface area contributed by atoms with E-state index in [1.807, 2.05) is 42.1 Å². The van der Waals surface area contributed by atoms with Crippen LogP contribution in [0, 0.1) is 0 Å². The molecule has 0 aliphatic carbocycles. The van der Waals surface area contributed by atoms with E-state index >= 15 is 0 Å². The zero-order chi connectivity index (χ0) is 12.6. The number of fused-ring (bicyclic) bond motifs is 1. The van der Waals surface area contributed by atoms with Crippen LogP contribution >= 0.6 is 0 Å². The molecule has 0 spiro atoms. The zero-order valence-electron chi connectivity index (χ0n) is 10.2. The minimum absolute atomic E-state index is 0.304. The Balaban J connectivity index is 2.53. The number of anilines is 1. The molecule has 4 nitrogen and oxygen atoms in total. The number of aliphatic hydroxyl groups excluding tert-OH is 1. The molecule has 0 aliphatic heterocycles. The van der Waals surface area contributed by atoms with Crippen LogP contribution in [0.3, 0.4) is 0 Å². The van der Waals surface area contributed by atoms with Crippen LogP contribution in [0.2, 0.25) is 0 Å². The SMILES string of the molecule is CC(O)C(=O)N(C)c1cn(C)c2ccccc12. The van der Waals surface area contributed by atoms with Crippen LogP contribution in [-0.2, 0) is 11.8 Å². The molecule has 0 radical (unpaired) electrons. The van der Waals surface area contributed by atoms with Crippen LogP contribution in [0.15, 0.2) is 30.5 Å². The second kappa shape index (κ2) is 4.22. The molecular formula is C13H16N2O2. The molecule has 0 aliphatic rings. The molecule has 1 N–H and O–H groups in total. The summed E-state index contributed by atoms with van der Waals surface area (Å²) in [5, 5.41) is 10.3. The van der Waals surface area contributed by atoms with Crippen LogP contribution in [0.5, 0.6) is 0 Å². The number of hydrogen-bond donors (Lipinski definition) is 1. The summed E-state index contributed by atoms with van der Waals surface area (Å²) in [4.78, 5) is 13.3. The van der Waals surface area contributed by atoms with Crippen molar-refractivity contribution in [1.82, 2.24) is 4.57 Å². The Morgan fingerprint density at radius 2 is 2.06 bits per heavy atom. The molecule has 17 heavy (non-hydrogen) atoms. The molecule has 1 atom stereocenters. The number of nitrogens with zero attached hydrogens (tertiary/aromatic N) is 2. The second-order valence-corrected chi connectivity index (χ2v) is 4.22. The van der Waals surface area contributed by atoms with E-state index in [2.05, 4.69) is 0 Å². The molecule has 1 heterocycles. The number of hydrogen-bond acceptors (Lipinski definition) is 2. The van der Waals surface area contributed by atoms with Gasteiger partial charge in [-0.3, -0.25) is 4.79 Å². The lowest BCUT2D eigenvalue weighted by Crippen LogP contribution is -2.34. The average molecular weight is 232 g/mol. The van der Waals surface area contributed by atoms with Gasteiger partial charge in [-0.15, -0.1) is 0 Å². The van der Waals surface area contributed by atoms with Gasteiger partial charge in [0.2, 0.25) is 0 Å². The maximum atomic E-state index is 11.8. The summed E-state index contributed by atoms with van der Waals surface area (Å²) in [5.41, 5.74) is 1.88. The molecule has 1 amide bonds. The Kier molecular flexibility index (Phi) is 2.90. The van der Waals surface area contributed by atoms with E-state index in [4.69, 9.17) is 0 Å². The van der Waals surface area contributed by atoms with Crippen molar-refractivity contribution in [3.63, 3.8) is 0 Å². The summed E-state index contributed by atoms with van der Waals surface area (Å²) in [5.74, 6) is -0.304. The molecule has 0 saturated heterocycles. The van der Waals surface area contributed by atoms with Crippen molar-refractivity contribution in [2.24, 2.45) is 7.05 Å². The van der Waals surface area contributed by atoms with E-state index < -0.39 is 6.10 Å². The van der Waals surface area contributed by atoms with Crippen molar-refractivity contribution in [1.29, 1.82) is 0 Å². The first kappa shape index (κ1) is 11.7. The molecule has 0 saturated carbocycles. The van der Waals surface area contributed by atoms with Crippen molar-refractivity contribution in [3.05, 3.63) is 30.5 Å². The Morgan fingerprint density at radius 1 is 1.41 bits per heavy atom. The highest BCUT2D eigenvalue weighted by Crippen LogP contribution is 2.27. The number of benzene rings is 1. The van der Waals surface area contributed by atoms with Crippen molar-refractivity contribution in [2.75, 3.05) is 11.9 Å². The number of aliphatic hydroxyl groups is 1. The van der Waals surface area contributed by atoms with Gasteiger partial charge < -0.3 is 14.6 Å². The van der Waals surface area contributed by atoms with Crippen molar-refractivity contribution in [3.8, 4) is 0 Å². The van der Waals surface area contributed by atoms with E-state index in [1.165, 1.54) is 11.8 Å². The third kappa shape index (κ3) is 1.91. The highest BCUT2D eigenvalue weighted by atomic mass is 16.3. The zero-order valence-corrected chi connectivity index (χ0v) is 10.2. The third-order valence-corrected chi connectivity index (χ3v) is 2.93. The van der Waals surface area contributed by atoms with Gasteiger partial charge in [0.05, 0.1) is 5.69 Å². The molecule has 2 aromatic rings. The molecular weight excluding hydrogens is 216 g/mol. The standard InChI is InChI=1S/C13H16N2O2/c1-9(16)13(17)15(3)12-8-14(2)11-7-5-4-6-10(11)12/h4-9,16H,1-3H3. The van der Waals surface area contributed by atoms with Crippen molar-refractivity contribution in [2.45, 2.75) is 13.0 Å². The minimum Gasteiger partial charge on any atom is -0.384 e. The Bertz CT molecular complexity index is 558. The van der Waals surface area contributed by atoms with Gasteiger partial charge in [0, 0.05) is 31.2 Å². The number of aryl methyl sites for hydroxylation is 1. The lowest BCUT2D eigenvalue weighted by atomic mass is 10.2. The number of likely N-dealkylation sites (N-methyl/N-ethyl adjacent to an activating group) is 1. The van der Waals surface area contributed by atoms with E-state index in [1.54, 1.807) is 7.05 Å². The van der Waals surface area contributed by atoms with Crippen LogP contribution in [0.1, 0.15) is 6.92 Å². The summed E-state index contributed by atoms with van der Waals surface area (Å²) in [6.07, 6.45) is 0.907. The highest BCUT2D eigenvalue weighted by Gasteiger charge is 2.19. The first-order valence-corrected chi connectivity index (χ1v) is 5.52. The van der Waals surface area contributed by atoms with Crippen LogP contribution in [0.25, 0.3) is 10.9 Å². The van der Waals surface area contributed by atoms with Crippen molar-refractivity contribution >= 4 is 22.5 Å². The fraction of sp³-hybridized carbons (Fsp3) is 0.308. The Labute approximate surface area is 100 Å². The number of aromatic nitrogens is 1. The maximum absolute atomic E-state index is 11.8. The third-order valence-electron chi connectivity index (χ3n) is 2.93. The molecule has 1 unspecified atom stereocenters. The monoisotopic (exact) mass is 232 g/mol. The smallest absolute Gasteiger partial charge is 0.255 e. The van der Waals surface area contributed by atoms with Crippen molar-refractivity contribution < 1.29 is 9.90 Å². The number of para-hydroxylation sites is 1. The topological polar surface area (TPSA) is 45.5 Å². The predicted molar refractivity (Wildman–Crippen MR) is 68.0 cm³/mol. The molecule has 2 rings (SSSR count). The summed E-state index contributed by atoms with van der Waals surface area (Å²) >= 11 is 0. The average Bonchev–Trinajstić information content (AvgIpc) is 2.65. The summed E-state index contributed by atoms with van der Waals surface area (Å²) in [7, 11) is 3.61. The lowest BCUT2D eigenvalue weighted by molar-refractivity contribution is -0.125. The highest BCUT2D eigenvalue weighted by molar-refractivity contribution is 6.04. The second-order valence-electron chi connectivity index (χ2n) is 4.22. The van der Waals surface area contributed by atoms with Gasteiger partial charge in [0.15, 0.2) is 0 Å². The lowest BCUT2D eigenvalue weighted by Gasteiger charge is -2.17. The van der Waals surface area contributed by atoms with E-state index in [9.17, 15) is 9.90 Å². The van der Waals surface area contributed by atoms with E-state index in [0.717, 1.165) is 16.6 Å². The number of rotatable bonds is 2. The van der Waals surface area contributed by atoms with Gasteiger partial charge >= 0.3 is 0 Å². The number of carbonyl (C=O) groups excluding carboxylic acids is 1. The fourth-order valence-corrected chi connectivity index (χ4v) is 1.99. The first-order valence-electron chi connectivity index (χ1n) is 5.52. The minimum atomic E-state index is -0.987. The van der Waals surface area contributed by atoms with E-state index in [0.29, 0.717) is 0 Å². The molecule has 0 bridgehead atoms. The largest absolute Gasteiger partial charge is 0.384 e.